The summed E-state index contributed by atoms with van der Waals surface area (Å²) in [4.78, 5) is 16.9. The van der Waals surface area contributed by atoms with Crippen molar-refractivity contribution in [2.75, 3.05) is 0 Å². The number of hydrogen-bond donors (Lipinski definition) is 1. The lowest BCUT2D eigenvalue weighted by Crippen LogP contribution is -2.28. The van der Waals surface area contributed by atoms with Gasteiger partial charge in [0.1, 0.15) is 17.3 Å². The van der Waals surface area contributed by atoms with Crippen molar-refractivity contribution in [3.05, 3.63) is 60.2 Å². The normalized spacial score (nSPS) is 17.4. The quantitative estimate of drug-likeness (QED) is 0.486. The van der Waals surface area contributed by atoms with Crippen molar-refractivity contribution in [2.24, 2.45) is 0 Å². The first-order valence-electron chi connectivity index (χ1n) is 10.0. The van der Waals surface area contributed by atoms with E-state index in [1.165, 1.54) is 0 Å². The molecule has 1 aliphatic rings. The van der Waals surface area contributed by atoms with E-state index in [0.29, 0.717) is 0 Å². The molecule has 0 bridgehead atoms. The Morgan fingerprint density at radius 1 is 0.967 bits per heavy atom. The summed E-state index contributed by atoms with van der Waals surface area (Å²) in [5, 5.41) is 0. The molecule has 0 amide bonds. The number of benzene rings is 2. The van der Waals surface area contributed by atoms with Crippen molar-refractivity contribution in [1.29, 1.82) is 0 Å². The number of imidazole rings is 1. The van der Waals surface area contributed by atoms with E-state index >= 15 is 0 Å². The third-order valence-electron chi connectivity index (χ3n) is 5.33. The van der Waals surface area contributed by atoms with E-state index in [1.54, 1.807) is 12.4 Å². The fraction of sp³-hybridized carbons (Fsp3) is 0.292. The van der Waals surface area contributed by atoms with Crippen molar-refractivity contribution in [1.82, 2.24) is 19.9 Å². The van der Waals surface area contributed by atoms with E-state index in [2.05, 4.69) is 53.7 Å². The van der Waals surface area contributed by atoms with Crippen LogP contribution in [0.15, 0.2) is 48.8 Å². The maximum Gasteiger partial charge on any atom is 0.137 e. The number of nitrogens with one attached hydrogen (secondary N) is 1. The number of fused-ring (bicyclic) bond motifs is 2. The maximum atomic E-state index is 6.40. The van der Waals surface area contributed by atoms with Gasteiger partial charge in [-0.15, -0.1) is 0 Å². The lowest BCUT2D eigenvalue weighted by molar-refractivity contribution is -0.0443. The van der Waals surface area contributed by atoms with Gasteiger partial charge in [-0.25, -0.2) is 4.98 Å². The molecule has 0 aliphatic carbocycles. The Kier molecular flexibility index (Phi) is 3.98. The molecule has 2 aromatic carbocycles. The largest absolute Gasteiger partial charge is 0.457 e. The van der Waals surface area contributed by atoms with Gasteiger partial charge < -0.3 is 14.5 Å². The number of nitrogens with zero attached hydrogens (tertiary/aromatic N) is 3. The summed E-state index contributed by atoms with van der Waals surface area (Å²) in [5.74, 6) is 2.33. The summed E-state index contributed by atoms with van der Waals surface area (Å²) in [5.41, 5.74) is 4.57. The van der Waals surface area contributed by atoms with E-state index in [-0.39, 0.29) is 5.60 Å². The van der Waals surface area contributed by atoms with Gasteiger partial charge in [0, 0.05) is 18.5 Å². The molecule has 5 rings (SSSR count). The number of rotatable bonds is 3. The minimum atomic E-state index is -0.488. The average molecular weight is 400 g/mol. The zero-order chi connectivity index (χ0) is 21.1. The first kappa shape index (κ1) is 18.8. The van der Waals surface area contributed by atoms with Crippen LogP contribution in [0.4, 0.5) is 0 Å². The fourth-order valence-electron chi connectivity index (χ4n) is 4.31. The van der Waals surface area contributed by atoms with Crippen LogP contribution in [0.2, 0.25) is 0 Å². The number of ether oxygens (including phenoxy) is 2. The van der Waals surface area contributed by atoms with Crippen LogP contribution in [0.5, 0.6) is 11.5 Å². The standard InChI is InChI=1S/C24H24N4O2/c1-14-27-17-7-6-15(12-19(17)28-14)29-20-9-8-18-22(26-11-10-25-18)21(20)16-13-23(2,3)30-24(16,4)5/h6-13H,1-5H3,(H,27,28). The highest BCUT2D eigenvalue weighted by Gasteiger charge is 2.41. The first-order chi connectivity index (χ1) is 14.2. The van der Waals surface area contributed by atoms with Gasteiger partial charge >= 0.3 is 0 Å². The van der Waals surface area contributed by atoms with Crippen LogP contribution >= 0.6 is 0 Å². The molecule has 1 N–H and O–H groups in total. The molecular weight excluding hydrogens is 376 g/mol. The highest BCUT2D eigenvalue weighted by atomic mass is 16.5. The Hall–Kier alpha value is -3.25. The molecule has 0 fully saturated rings. The van der Waals surface area contributed by atoms with Crippen LogP contribution in [0.3, 0.4) is 0 Å². The molecule has 0 saturated carbocycles. The predicted molar refractivity (Wildman–Crippen MR) is 118 cm³/mol. The molecule has 4 aromatic rings. The van der Waals surface area contributed by atoms with Crippen LogP contribution in [0, 0.1) is 6.92 Å². The highest BCUT2D eigenvalue weighted by molar-refractivity contribution is 5.94. The molecule has 0 radical (unpaired) electrons. The SMILES string of the molecule is Cc1nc2ccc(Oc3ccc4nccnc4c3C3=CC(C)(C)OC3(C)C)cc2[nH]1. The van der Waals surface area contributed by atoms with E-state index in [0.717, 1.165) is 50.5 Å². The van der Waals surface area contributed by atoms with Crippen molar-refractivity contribution in [3.8, 4) is 11.5 Å². The molecule has 6 nitrogen and oxygen atoms in total. The zero-order valence-electron chi connectivity index (χ0n) is 17.8. The smallest absolute Gasteiger partial charge is 0.137 e. The van der Waals surface area contributed by atoms with Crippen molar-refractivity contribution < 1.29 is 9.47 Å². The van der Waals surface area contributed by atoms with E-state index < -0.39 is 5.60 Å². The fourth-order valence-corrected chi connectivity index (χ4v) is 4.31. The molecule has 3 heterocycles. The summed E-state index contributed by atoms with van der Waals surface area (Å²) in [6, 6.07) is 9.75. The van der Waals surface area contributed by atoms with Gasteiger partial charge in [0.05, 0.1) is 38.8 Å². The van der Waals surface area contributed by atoms with E-state index in [4.69, 9.17) is 9.47 Å². The summed E-state index contributed by atoms with van der Waals surface area (Å²) in [7, 11) is 0. The van der Waals surface area contributed by atoms with Crippen molar-refractivity contribution in [2.45, 2.75) is 45.8 Å². The van der Waals surface area contributed by atoms with Crippen LogP contribution in [-0.4, -0.2) is 31.1 Å². The molecule has 30 heavy (non-hydrogen) atoms. The van der Waals surface area contributed by atoms with Crippen LogP contribution in [0.1, 0.15) is 39.1 Å². The molecular formula is C24H24N4O2. The van der Waals surface area contributed by atoms with Gasteiger partial charge in [0.15, 0.2) is 0 Å². The van der Waals surface area contributed by atoms with Crippen molar-refractivity contribution in [3.63, 3.8) is 0 Å². The molecule has 0 spiro atoms. The third-order valence-corrected chi connectivity index (χ3v) is 5.33. The third kappa shape index (κ3) is 3.13. The molecule has 0 unspecified atom stereocenters. The summed E-state index contributed by atoms with van der Waals surface area (Å²) in [6.07, 6.45) is 5.57. The lowest BCUT2D eigenvalue weighted by Gasteiger charge is -2.28. The van der Waals surface area contributed by atoms with Gasteiger partial charge in [0.25, 0.3) is 0 Å². The number of hydrogen-bond acceptors (Lipinski definition) is 5. The van der Waals surface area contributed by atoms with E-state index in [9.17, 15) is 0 Å². The summed E-state index contributed by atoms with van der Waals surface area (Å²) < 4.78 is 12.7. The van der Waals surface area contributed by atoms with Gasteiger partial charge in [-0.05, 0) is 70.5 Å². The maximum absolute atomic E-state index is 6.40. The monoisotopic (exact) mass is 400 g/mol. The number of aryl methyl sites for hydroxylation is 1. The minimum Gasteiger partial charge on any atom is -0.457 e. The van der Waals surface area contributed by atoms with Gasteiger partial charge in [0.2, 0.25) is 0 Å². The Labute approximate surface area is 175 Å². The van der Waals surface area contributed by atoms with Crippen LogP contribution < -0.4 is 4.74 Å². The van der Waals surface area contributed by atoms with Gasteiger partial charge in [-0.2, -0.15) is 0 Å². The van der Waals surface area contributed by atoms with Crippen LogP contribution in [-0.2, 0) is 4.74 Å². The minimum absolute atomic E-state index is 0.382. The van der Waals surface area contributed by atoms with Gasteiger partial charge in [-0.1, -0.05) is 0 Å². The Bertz CT molecular complexity index is 1320. The van der Waals surface area contributed by atoms with Crippen LogP contribution in [0.25, 0.3) is 27.6 Å². The molecule has 152 valence electrons. The summed E-state index contributed by atoms with van der Waals surface area (Å²) in [6.45, 7) is 10.2. The topological polar surface area (TPSA) is 72.9 Å². The second kappa shape index (κ2) is 6.37. The van der Waals surface area contributed by atoms with Crippen molar-refractivity contribution >= 4 is 27.6 Å². The summed E-state index contributed by atoms with van der Waals surface area (Å²) >= 11 is 0. The molecule has 6 heteroatoms. The number of H-pyrrole nitrogens is 1. The van der Waals surface area contributed by atoms with Gasteiger partial charge in [-0.3, -0.25) is 9.97 Å². The molecule has 0 saturated heterocycles. The second-order valence-corrected chi connectivity index (χ2v) is 8.74. The Morgan fingerprint density at radius 2 is 1.73 bits per heavy atom. The first-order valence-corrected chi connectivity index (χ1v) is 10.0. The lowest BCUT2D eigenvalue weighted by atomic mass is 9.89. The highest BCUT2D eigenvalue weighted by Crippen LogP contribution is 2.47. The molecule has 1 aliphatic heterocycles. The van der Waals surface area contributed by atoms with E-state index in [1.807, 2.05) is 37.3 Å². The Balaban J connectivity index is 1.69. The Morgan fingerprint density at radius 3 is 2.50 bits per heavy atom. The number of aromatic nitrogens is 4. The second-order valence-electron chi connectivity index (χ2n) is 8.74. The predicted octanol–water partition coefficient (Wildman–Crippen LogP) is 5.58. The molecule has 2 aromatic heterocycles. The average Bonchev–Trinajstić information content (AvgIpc) is 3.15. The molecule has 0 atom stereocenters. The number of aromatic amines is 1. The zero-order valence-corrected chi connectivity index (χ0v) is 17.8.